The van der Waals surface area contributed by atoms with Crippen LogP contribution in [0.15, 0.2) is 0 Å². The summed E-state index contributed by atoms with van der Waals surface area (Å²) < 4.78 is 0. The van der Waals surface area contributed by atoms with Gasteiger partial charge in [-0.05, 0) is 12.8 Å². The van der Waals surface area contributed by atoms with Gasteiger partial charge in [-0.3, -0.25) is 9.59 Å². The molecule has 62 heavy (non-hydrogen) atoms. The van der Waals surface area contributed by atoms with E-state index >= 15 is 0 Å². The van der Waals surface area contributed by atoms with Crippen LogP contribution in [0.25, 0.3) is 0 Å². The second-order valence-electron chi connectivity index (χ2n) is 12.2. The van der Waals surface area contributed by atoms with Crippen LogP contribution in [-0.4, -0.2) is 265 Å². The first kappa shape index (κ1) is 80.4. The van der Waals surface area contributed by atoms with Crippen molar-refractivity contribution in [3.8, 4) is 0 Å². The molecule has 0 fully saturated rings. The molecule has 0 rings (SSSR count). The molecule has 0 radical (unpaired) electrons. The smallest absolute Gasteiger partial charge is 0.303 e. The molecular weight excluding hydrogens is 844 g/mol. The van der Waals surface area contributed by atoms with Crippen molar-refractivity contribution in [3.05, 3.63) is 0 Å². The molecule has 0 spiro atoms. The minimum atomic E-state index is -0.954. The lowest BCUT2D eigenvalue weighted by Gasteiger charge is -1.96. The quantitative estimate of drug-likeness (QED) is 0.0358. The third kappa shape index (κ3) is 118. The van der Waals surface area contributed by atoms with Crippen molar-refractivity contribution in [2.24, 2.45) is 0 Å². The molecule has 0 saturated carbocycles. The number of rotatable bonds is 26. The maximum Gasteiger partial charge on any atom is 0.303 e. The van der Waals surface area contributed by atoms with Crippen LogP contribution in [0, 0.1) is 0 Å². The monoisotopic (exact) mass is 933 g/mol. The van der Waals surface area contributed by atoms with Gasteiger partial charge in [0.2, 0.25) is 0 Å². The van der Waals surface area contributed by atoms with E-state index in [1.165, 1.54) is 38.5 Å². The van der Waals surface area contributed by atoms with E-state index in [1.54, 1.807) is 0 Å². The average Bonchev–Trinajstić information content (AvgIpc) is 3.30. The van der Waals surface area contributed by atoms with Gasteiger partial charge in [0.25, 0.3) is 0 Å². The van der Waals surface area contributed by atoms with Crippen LogP contribution in [0.3, 0.4) is 0 Å². The number of hydrogen-bond donors (Lipinski definition) is 23. The van der Waals surface area contributed by atoms with Crippen molar-refractivity contribution in [3.63, 3.8) is 0 Å². The Morgan fingerprint density at radius 2 is 0.403 bits per heavy atom. The molecule has 0 aromatic rings. The van der Waals surface area contributed by atoms with Gasteiger partial charge >= 0.3 is 11.9 Å². The van der Waals surface area contributed by atoms with Crippen LogP contribution in [0.1, 0.15) is 90.9 Å². The first-order valence-electron chi connectivity index (χ1n) is 19.9. The van der Waals surface area contributed by atoms with Gasteiger partial charge in [0.05, 0.1) is 92.5 Å². The number of unbranched alkanes of at least 4 members (excludes halogenated alkanes) is 8. The molecule has 0 atom stereocenters. The summed E-state index contributed by atoms with van der Waals surface area (Å²) in [5.41, 5.74) is 0. The van der Waals surface area contributed by atoms with Crippen LogP contribution in [0.2, 0.25) is 0 Å². The molecular formula is C37H88O25. The highest BCUT2D eigenvalue weighted by molar-refractivity contribution is 5.66. The van der Waals surface area contributed by atoms with Gasteiger partial charge in [-0.2, -0.15) is 0 Å². The number of carboxylic acid groups (broad SMARTS) is 2. The summed E-state index contributed by atoms with van der Waals surface area (Å²) in [5, 5.41) is 185. The van der Waals surface area contributed by atoms with Gasteiger partial charge in [-0.15, -0.1) is 0 Å². The van der Waals surface area contributed by atoms with Crippen molar-refractivity contribution >= 4 is 11.9 Å². The highest BCUT2D eigenvalue weighted by Crippen LogP contribution is 2.05. The lowest BCUT2D eigenvalue weighted by Crippen LogP contribution is -2.15. The Balaban J connectivity index is -0.0000000735. The van der Waals surface area contributed by atoms with Crippen LogP contribution >= 0.6 is 0 Å². The Hall–Kier alpha value is -1.90. The lowest BCUT2D eigenvalue weighted by molar-refractivity contribution is -0.138. The van der Waals surface area contributed by atoms with E-state index < -0.39 is 54.7 Å². The Morgan fingerprint density at radius 3 is 0.484 bits per heavy atom. The SMILES string of the molecule is CCCCCCCC(=O)O.CCCCCCCC(=O)O.OCC(O)CO.OCC(O)CO.OCC(O)CO.OCC(O)CO.OCC(O)CO.OCC(O)CO.OCC(O)CO. The maximum atomic E-state index is 10.0. The van der Waals surface area contributed by atoms with E-state index in [1.807, 2.05) is 0 Å². The van der Waals surface area contributed by atoms with Crippen molar-refractivity contribution in [1.82, 2.24) is 0 Å². The topological polar surface area (TPSA) is 499 Å². The second-order valence-corrected chi connectivity index (χ2v) is 12.2. The van der Waals surface area contributed by atoms with Crippen molar-refractivity contribution < 1.29 is 127 Å². The predicted molar refractivity (Wildman–Crippen MR) is 223 cm³/mol. The zero-order chi connectivity index (χ0) is 50.6. The highest BCUT2D eigenvalue weighted by atomic mass is 16.4. The van der Waals surface area contributed by atoms with E-state index in [4.69, 9.17) is 117 Å². The molecule has 0 heterocycles. The highest BCUT2D eigenvalue weighted by Gasteiger charge is 1.98. The van der Waals surface area contributed by atoms with Gasteiger partial charge in [0.1, 0.15) is 42.7 Å². The molecule has 0 aromatic heterocycles. The summed E-state index contributed by atoms with van der Waals surface area (Å²) in [6.07, 6.45) is 5.09. The molecule has 0 amide bonds. The van der Waals surface area contributed by atoms with E-state index in [0.29, 0.717) is 12.8 Å². The number of aliphatic hydroxyl groups excluding tert-OH is 21. The Bertz CT molecular complexity index is 596. The molecule has 0 saturated heterocycles. The van der Waals surface area contributed by atoms with E-state index in [2.05, 4.69) is 13.8 Å². The Morgan fingerprint density at radius 1 is 0.274 bits per heavy atom. The second kappa shape index (κ2) is 76.4. The molecule has 0 aromatic carbocycles. The van der Waals surface area contributed by atoms with E-state index in [9.17, 15) is 9.59 Å². The van der Waals surface area contributed by atoms with Gasteiger partial charge in [-0.25, -0.2) is 0 Å². The number of aliphatic hydroxyl groups is 21. The molecule has 0 unspecified atom stereocenters. The van der Waals surface area contributed by atoms with Gasteiger partial charge in [-0.1, -0.05) is 65.2 Å². The standard InChI is InChI=1S/2C8H16O2.7C3H8O3/c2*1-2-3-4-5-6-7-8(9)10;7*4-1-3(6)2-5/h2*2-7H2,1H3,(H,9,10);7*3-6H,1-2H2. The first-order valence-corrected chi connectivity index (χ1v) is 19.9. The molecule has 0 aliphatic rings. The zero-order valence-electron chi connectivity index (χ0n) is 36.5. The predicted octanol–water partition coefficient (Wildman–Crippen LogP) is -6.81. The largest absolute Gasteiger partial charge is 0.481 e. The van der Waals surface area contributed by atoms with Crippen LogP contribution < -0.4 is 0 Å². The summed E-state index contributed by atoms with van der Waals surface area (Å²) in [6, 6.07) is 0. The molecule has 386 valence electrons. The maximum absolute atomic E-state index is 10.0. The van der Waals surface area contributed by atoms with Crippen LogP contribution in [0.5, 0.6) is 0 Å². The zero-order valence-corrected chi connectivity index (χ0v) is 36.5. The fourth-order valence-corrected chi connectivity index (χ4v) is 2.16. The number of carboxylic acids is 2. The minimum absolute atomic E-state index is 0.337. The molecule has 25 heteroatoms. The molecule has 0 aliphatic heterocycles. The molecule has 25 nitrogen and oxygen atoms in total. The van der Waals surface area contributed by atoms with Gasteiger partial charge in [0.15, 0.2) is 0 Å². The Kier molecular flexibility index (Phi) is 99.1. The number of carbonyl (C=O) groups is 2. The summed E-state index contributed by atoms with van der Waals surface area (Å²) in [6.45, 7) is -0.804. The fraction of sp³-hybridized carbons (Fsp3) is 0.946. The summed E-state index contributed by atoms with van der Waals surface area (Å²) >= 11 is 0. The third-order valence-electron chi connectivity index (χ3n) is 5.94. The van der Waals surface area contributed by atoms with Crippen molar-refractivity contribution in [2.75, 3.05) is 92.5 Å². The summed E-state index contributed by atoms with van der Waals surface area (Å²) in [5.74, 6) is -1.34. The van der Waals surface area contributed by atoms with Gasteiger partial charge in [0, 0.05) is 12.8 Å². The van der Waals surface area contributed by atoms with Gasteiger partial charge < -0.3 is 117 Å². The fourth-order valence-electron chi connectivity index (χ4n) is 2.16. The van der Waals surface area contributed by atoms with Crippen LogP contribution in [-0.2, 0) is 9.59 Å². The Labute approximate surface area is 365 Å². The van der Waals surface area contributed by atoms with Crippen LogP contribution in [0.4, 0.5) is 0 Å². The molecule has 0 aliphatic carbocycles. The summed E-state index contributed by atoms with van der Waals surface area (Å²) in [7, 11) is 0. The third-order valence-corrected chi connectivity index (χ3v) is 5.94. The lowest BCUT2D eigenvalue weighted by atomic mass is 10.1. The molecule has 23 N–H and O–H groups in total. The minimum Gasteiger partial charge on any atom is -0.481 e. The number of aliphatic carboxylic acids is 2. The summed E-state index contributed by atoms with van der Waals surface area (Å²) in [4.78, 5) is 20.1. The first-order chi connectivity index (χ1) is 29.2. The van der Waals surface area contributed by atoms with E-state index in [0.717, 1.165) is 25.7 Å². The van der Waals surface area contributed by atoms with Crippen molar-refractivity contribution in [2.45, 2.75) is 134 Å². The van der Waals surface area contributed by atoms with E-state index in [-0.39, 0.29) is 92.5 Å². The normalized spacial score (nSPS) is 9.90. The molecule has 0 bridgehead atoms. The van der Waals surface area contributed by atoms with Crippen molar-refractivity contribution in [1.29, 1.82) is 0 Å². The average molecular weight is 933 g/mol. The number of hydrogen-bond acceptors (Lipinski definition) is 23.